The van der Waals surface area contributed by atoms with Crippen LogP contribution >= 0.6 is 0 Å². The molecule has 118 valence electrons. The first kappa shape index (κ1) is 16.3. The summed E-state index contributed by atoms with van der Waals surface area (Å²) in [7, 11) is -2.37. The second-order valence-electron chi connectivity index (χ2n) is 5.07. The van der Waals surface area contributed by atoms with Gasteiger partial charge in [-0.05, 0) is 24.6 Å². The van der Waals surface area contributed by atoms with E-state index in [1.165, 1.54) is 29.6 Å². The molecule has 0 amide bonds. The molecule has 1 aliphatic rings. The third-order valence-electron chi connectivity index (χ3n) is 3.65. The van der Waals surface area contributed by atoms with Crippen molar-refractivity contribution in [3.8, 4) is 0 Å². The Kier molecular flexibility index (Phi) is 4.60. The molecule has 1 saturated heterocycles. The third kappa shape index (κ3) is 3.75. The fourth-order valence-electron chi connectivity index (χ4n) is 2.40. The van der Waals surface area contributed by atoms with Crippen molar-refractivity contribution in [2.45, 2.75) is 24.4 Å². The quantitative estimate of drug-likeness (QED) is 0.920. The maximum absolute atomic E-state index is 12.9. The summed E-state index contributed by atoms with van der Waals surface area (Å²) >= 11 is 0. The zero-order valence-corrected chi connectivity index (χ0v) is 12.3. The van der Waals surface area contributed by atoms with Gasteiger partial charge in [0.2, 0.25) is 10.0 Å². The van der Waals surface area contributed by atoms with Crippen LogP contribution in [0, 0.1) is 0 Å². The van der Waals surface area contributed by atoms with Gasteiger partial charge in [-0.3, -0.25) is 0 Å². The molecular weight excluding hydrogens is 305 g/mol. The average Bonchev–Trinajstić information content (AvgIpc) is 2.90. The lowest BCUT2D eigenvalue weighted by molar-refractivity contribution is -0.138. The van der Waals surface area contributed by atoms with Crippen LogP contribution in [0.2, 0.25) is 0 Å². The van der Waals surface area contributed by atoms with Crippen molar-refractivity contribution in [1.29, 1.82) is 0 Å². The summed E-state index contributed by atoms with van der Waals surface area (Å²) in [5.41, 5.74) is -1.12. The van der Waals surface area contributed by atoms with Gasteiger partial charge in [0.05, 0.1) is 11.3 Å². The SMILES string of the molecule is CN(C1CCNC1)S(=O)(=O)Cc1ccccc1C(F)(F)F. The minimum atomic E-state index is -4.56. The lowest BCUT2D eigenvalue weighted by atomic mass is 10.1. The highest BCUT2D eigenvalue weighted by Crippen LogP contribution is 2.33. The Morgan fingerprint density at radius 3 is 2.57 bits per heavy atom. The van der Waals surface area contributed by atoms with E-state index in [2.05, 4.69) is 5.32 Å². The summed E-state index contributed by atoms with van der Waals surface area (Å²) < 4.78 is 64.5. The van der Waals surface area contributed by atoms with E-state index in [9.17, 15) is 21.6 Å². The van der Waals surface area contributed by atoms with E-state index >= 15 is 0 Å². The summed E-state index contributed by atoms with van der Waals surface area (Å²) in [4.78, 5) is 0. The van der Waals surface area contributed by atoms with Gasteiger partial charge in [-0.15, -0.1) is 0 Å². The van der Waals surface area contributed by atoms with Crippen molar-refractivity contribution in [3.05, 3.63) is 35.4 Å². The second kappa shape index (κ2) is 5.94. The number of hydrogen-bond donors (Lipinski definition) is 1. The lowest BCUT2D eigenvalue weighted by Crippen LogP contribution is -2.39. The van der Waals surface area contributed by atoms with Crippen molar-refractivity contribution >= 4 is 10.0 Å². The van der Waals surface area contributed by atoms with Gasteiger partial charge in [0.15, 0.2) is 0 Å². The van der Waals surface area contributed by atoms with E-state index in [4.69, 9.17) is 0 Å². The van der Waals surface area contributed by atoms with E-state index in [0.29, 0.717) is 19.5 Å². The molecule has 1 fully saturated rings. The van der Waals surface area contributed by atoms with Crippen LogP contribution in [0.4, 0.5) is 13.2 Å². The number of hydrogen-bond acceptors (Lipinski definition) is 3. The molecule has 0 saturated carbocycles. The van der Waals surface area contributed by atoms with Gasteiger partial charge in [-0.2, -0.15) is 13.2 Å². The lowest BCUT2D eigenvalue weighted by Gasteiger charge is -2.24. The Morgan fingerprint density at radius 2 is 2.00 bits per heavy atom. The second-order valence-corrected chi connectivity index (χ2v) is 7.10. The van der Waals surface area contributed by atoms with Gasteiger partial charge in [-0.25, -0.2) is 12.7 Å². The summed E-state index contributed by atoms with van der Waals surface area (Å²) in [6.45, 7) is 1.24. The van der Waals surface area contributed by atoms with Crippen LogP contribution in [-0.2, 0) is 22.0 Å². The average molecular weight is 322 g/mol. The molecule has 2 rings (SSSR count). The number of alkyl halides is 3. The van der Waals surface area contributed by atoms with Gasteiger partial charge in [0, 0.05) is 19.6 Å². The highest BCUT2D eigenvalue weighted by Gasteiger charge is 2.35. The first-order valence-electron chi connectivity index (χ1n) is 6.53. The van der Waals surface area contributed by atoms with Crippen LogP contribution in [0.15, 0.2) is 24.3 Å². The molecule has 1 aromatic carbocycles. The normalized spacial score (nSPS) is 20.1. The standard InChI is InChI=1S/C13H17F3N2O2S/c1-18(11-6-7-17-8-11)21(19,20)9-10-4-2-3-5-12(10)13(14,15)16/h2-5,11,17H,6-9H2,1H3. The van der Waals surface area contributed by atoms with Crippen molar-refractivity contribution in [1.82, 2.24) is 9.62 Å². The van der Waals surface area contributed by atoms with E-state index < -0.39 is 27.5 Å². The Bertz CT molecular complexity index is 596. The number of likely N-dealkylation sites (N-methyl/N-ethyl adjacent to an activating group) is 1. The molecule has 4 nitrogen and oxygen atoms in total. The topological polar surface area (TPSA) is 49.4 Å². The van der Waals surface area contributed by atoms with E-state index in [-0.39, 0.29) is 11.6 Å². The third-order valence-corrected chi connectivity index (χ3v) is 5.50. The predicted molar refractivity (Wildman–Crippen MR) is 73.1 cm³/mol. The summed E-state index contributed by atoms with van der Waals surface area (Å²) in [5, 5.41) is 3.04. The van der Waals surface area contributed by atoms with E-state index in [1.54, 1.807) is 0 Å². The van der Waals surface area contributed by atoms with Crippen molar-refractivity contribution in [2.75, 3.05) is 20.1 Å². The zero-order chi connectivity index (χ0) is 15.7. The fourth-order valence-corrected chi connectivity index (χ4v) is 3.88. The van der Waals surface area contributed by atoms with Gasteiger partial charge in [0.1, 0.15) is 0 Å². The fraction of sp³-hybridized carbons (Fsp3) is 0.538. The minimum Gasteiger partial charge on any atom is -0.315 e. The summed E-state index contributed by atoms with van der Waals surface area (Å²) in [6.07, 6.45) is -3.89. The minimum absolute atomic E-state index is 0.201. The Labute approximate surface area is 122 Å². The predicted octanol–water partition coefficient (Wildman–Crippen LogP) is 1.83. The van der Waals surface area contributed by atoms with Gasteiger partial charge < -0.3 is 5.32 Å². The molecule has 0 aromatic heterocycles. The molecule has 1 heterocycles. The first-order valence-corrected chi connectivity index (χ1v) is 8.14. The maximum Gasteiger partial charge on any atom is 0.416 e. The first-order chi connectivity index (χ1) is 9.72. The molecule has 1 N–H and O–H groups in total. The van der Waals surface area contributed by atoms with Crippen molar-refractivity contribution in [3.63, 3.8) is 0 Å². The molecule has 8 heteroatoms. The molecule has 0 spiro atoms. The van der Waals surface area contributed by atoms with E-state index in [1.807, 2.05) is 0 Å². The van der Waals surface area contributed by atoms with Gasteiger partial charge in [-0.1, -0.05) is 18.2 Å². The van der Waals surface area contributed by atoms with Crippen LogP contribution in [0.5, 0.6) is 0 Å². The molecule has 1 unspecified atom stereocenters. The van der Waals surface area contributed by atoms with Crippen molar-refractivity contribution in [2.24, 2.45) is 0 Å². The van der Waals surface area contributed by atoms with Crippen LogP contribution in [0.25, 0.3) is 0 Å². The Balaban J connectivity index is 2.25. The smallest absolute Gasteiger partial charge is 0.315 e. The van der Waals surface area contributed by atoms with E-state index in [0.717, 1.165) is 6.07 Å². The molecule has 1 aliphatic heterocycles. The van der Waals surface area contributed by atoms with Crippen LogP contribution < -0.4 is 5.32 Å². The highest BCUT2D eigenvalue weighted by atomic mass is 32.2. The number of benzene rings is 1. The zero-order valence-electron chi connectivity index (χ0n) is 11.5. The summed E-state index contributed by atoms with van der Waals surface area (Å²) in [5.74, 6) is -0.643. The number of nitrogens with zero attached hydrogens (tertiary/aromatic N) is 1. The van der Waals surface area contributed by atoms with Crippen molar-refractivity contribution < 1.29 is 21.6 Å². The monoisotopic (exact) mass is 322 g/mol. The summed E-state index contributed by atoms with van der Waals surface area (Å²) in [6, 6.07) is 4.58. The number of sulfonamides is 1. The van der Waals surface area contributed by atoms with Gasteiger partial charge in [0.25, 0.3) is 0 Å². The molecule has 0 radical (unpaired) electrons. The molecule has 0 aliphatic carbocycles. The Hall–Kier alpha value is -1.12. The molecule has 1 aromatic rings. The molecule has 21 heavy (non-hydrogen) atoms. The van der Waals surface area contributed by atoms with Crippen LogP contribution in [-0.4, -0.2) is 38.9 Å². The van der Waals surface area contributed by atoms with Crippen LogP contribution in [0.1, 0.15) is 17.5 Å². The number of rotatable bonds is 4. The number of halogens is 3. The van der Waals surface area contributed by atoms with Crippen LogP contribution in [0.3, 0.4) is 0 Å². The Morgan fingerprint density at radius 1 is 1.33 bits per heavy atom. The largest absolute Gasteiger partial charge is 0.416 e. The molecule has 1 atom stereocenters. The van der Waals surface area contributed by atoms with Gasteiger partial charge >= 0.3 is 6.18 Å². The molecule has 0 bridgehead atoms. The highest BCUT2D eigenvalue weighted by molar-refractivity contribution is 7.88. The maximum atomic E-state index is 12.9. The number of nitrogens with one attached hydrogen (secondary N) is 1. The molecular formula is C13H17F3N2O2S.